The number of rotatable bonds is 3. The highest BCUT2D eigenvalue weighted by Crippen LogP contribution is 2.32. The van der Waals surface area contributed by atoms with Crippen LogP contribution in [0.5, 0.6) is 0 Å². The van der Waals surface area contributed by atoms with E-state index in [4.69, 9.17) is 4.98 Å². The number of fused-ring (bicyclic) bond motifs is 1. The number of hydrogen-bond donors (Lipinski definition) is 1. The summed E-state index contributed by atoms with van der Waals surface area (Å²) >= 11 is 0. The van der Waals surface area contributed by atoms with Gasteiger partial charge in [-0.3, -0.25) is 0 Å². The first-order valence-corrected chi connectivity index (χ1v) is 7.73. The van der Waals surface area contributed by atoms with E-state index < -0.39 is 5.97 Å². The lowest BCUT2D eigenvalue weighted by Crippen LogP contribution is -2.31. The van der Waals surface area contributed by atoms with Gasteiger partial charge in [0.15, 0.2) is 0 Å². The molecule has 0 aromatic carbocycles. The van der Waals surface area contributed by atoms with Crippen LogP contribution in [0.15, 0.2) is 6.07 Å². The Morgan fingerprint density at radius 3 is 2.95 bits per heavy atom. The molecule has 1 aliphatic heterocycles. The van der Waals surface area contributed by atoms with E-state index in [-0.39, 0.29) is 0 Å². The highest BCUT2D eigenvalue weighted by atomic mass is 16.4. The maximum atomic E-state index is 11.6. The number of pyridine rings is 1. The van der Waals surface area contributed by atoms with Crippen molar-refractivity contribution in [2.24, 2.45) is 0 Å². The first-order valence-electron chi connectivity index (χ1n) is 7.73. The molecule has 1 fully saturated rings. The smallest absolute Gasteiger partial charge is 0.339 e. The Labute approximate surface area is 119 Å². The average molecular weight is 274 g/mol. The normalized spacial score (nSPS) is 21.9. The van der Waals surface area contributed by atoms with E-state index in [1.165, 1.54) is 6.42 Å². The molecule has 1 atom stereocenters. The molecule has 1 aromatic rings. The molecule has 0 radical (unpaired) electrons. The van der Waals surface area contributed by atoms with Crippen LogP contribution in [0.2, 0.25) is 0 Å². The number of anilines is 1. The zero-order valence-electron chi connectivity index (χ0n) is 12.1. The standard InChI is InChI=1S/C16H22N2O2/c1-2-12-7-5-9-18(12)15-13(16(19)20)10-11-6-3-4-8-14(11)17-15/h10,12H,2-9H2,1H3,(H,19,20). The molecule has 20 heavy (non-hydrogen) atoms. The van der Waals surface area contributed by atoms with Gasteiger partial charge in [0, 0.05) is 18.3 Å². The third-order valence-electron chi connectivity index (χ3n) is 4.63. The lowest BCUT2D eigenvalue weighted by molar-refractivity contribution is 0.0697. The zero-order chi connectivity index (χ0) is 14.1. The summed E-state index contributed by atoms with van der Waals surface area (Å²) in [4.78, 5) is 18.6. The lowest BCUT2D eigenvalue weighted by Gasteiger charge is -2.28. The molecule has 0 saturated carbocycles. The molecule has 0 spiro atoms. The minimum absolute atomic E-state index is 0.394. The topological polar surface area (TPSA) is 53.4 Å². The van der Waals surface area contributed by atoms with E-state index in [1.54, 1.807) is 0 Å². The Balaban J connectivity index is 2.05. The fourth-order valence-electron chi connectivity index (χ4n) is 3.54. The summed E-state index contributed by atoms with van der Waals surface area (Å²) in [7, 11) is 0. The van der Waals surface area contributed by atoms with Crippen molar-refractivity contribution in [3.8, 4) is 0 Å². The van der Waals surface area contributed by atoms with Crippen LogP contribution in [0.3, 0.4) is 0 Å². The van der Waals surface area contributed by atoms with Crippen molar-refractivity contribution in [1.82, 2.24) is 4.98 Å². The van der Waals surface area contributed by atoms with Crippen LogP contribution in [0, 0.1) is 0 Å². The van der Waals surface area contributed by atoms with Crippen LogP contribution in [0.4, 0.5) is 5.82 Å². The van der Waals surface area contributed by atoms with Gasteiger partial charge in [-0.15, -0.1) is 0 Å². The first kappa shape index (κ1) is 13.4. The summed E-state index contributed by atoms with van der Waals surface area (Å²) in [6.07, 6.45) is 7.62. The van der Waals surface area contributed by atoms with E-state index in [0.717, 1.165) is 56.3 Å². The van der Waals surface area contributed by atoms with Crippen LogP contribution in [0.1, 0.15) is 60.6 Å². The van der Waals surface area contributed by atoms with Gasteiger partial charge in [0.25, 0.3) is 0 Å². The summed E-state index contributed by atoms with van der Waals surface area (Å²) in [5.41, 5.74) is 2.66. The third-order valence-corrected chi connectivity index (χ3v) is 4.63. The molecular weight excluding hydrogens is 252 g/mol. The molecule has 108 valence electrons. The highest BCUT2D eigenvalue weighted by molar-refractivity contribution is 5.93. The molecular formula is C16H22N2O2. The molecule has 2 heterocycles. The maximum absolute atomic E-state index is 11.6. The van der Waals surface area contributed by atoms with E-state index >= 15 is 0 Å². The quantitative estimate of drug-likeness (QED) is 0.920. The van der Waals surface area contributed by atoms with Crippen LogP contribution < -0.4 is 4.90 Å². The van der Waals surface area contributed by atoms with E-state index in [2.05, 4.69) is 11.8 Å². The number of carboxylic acids is 1. The number of carbonyl (C=O) groups is 1. The summed E-state index contributed by atoms with van der Waals surface area (Å²) in [6.45, 7) is 3.10. The van der Waals surface area contributed by atoms with Crippen molar-refractivity contribution >= 4 is 11.8 Å². The summed E-state index contributed by atoms with van der Waals surface area (Å²) in [5, 5.41) is 9.52. The van der Waals surface area contributed by atoms with Crippen LogP contribution in [-0.4, -0.2) is 28.6 Å². The second-order valence-electron chi connectivity index (χ2n) is 5.88. The molecule has 1 aliphatic carbocycles. The number of carboxylic acid groups (broad SMARTS) is 1. The molecule has 1 N–H and O–H groups in total. The largest absolute Gasteiger partial charge is 0.478 e. The molecule has 3 rings (SSSR count). The Morgan fingerprint density at radius 2 is 2.20 bits per heavy atom. The predicted octanol–water partition coefficient (Wildman–Crippen LogP) is 3.04. The Bertz CT molecular complexity index is 527. The van der Waals surface area contributed by atoms with Gasteiger partial charge in [-0.2, -0.15) is 0 Å². The van der Waals surface area contributed by atoms with Gasteiger partial charge in [-0.1, -0.05) is 6.92 Å². The van der Waals surface area contributed by atoms with Gasteiger partial charge in [0.05, 0.1) is 0 Å². The third kappa shape index (κ3) is 2.28. The predicted molar refractivity (Wildman–Crippen MR) is 78.5 cm³/mol. The molecule has 1 saturated heterocycles. The van der Waals surface area contributed by atoms with Crippen LogP contribution in [0.25, 0.3) is 0 Å². The number of aromatic nitrogens is 1. The molecule has 0 bridgehead atoms. The molecule has 1 aromatic heterocycles. The minimum Gasteiger partial charge on any atom is -0.478 e. The molecule has 0 amide bonds. The van der Waals surface area contributed by atoms with Crippen molar-refractivity contribution in [1.29, 1.82) is 0 Å². The first-order chi connectivity index (χ1) is 9.70. The van der Waals surface area contributed by atoms with Gasteiger partial charge in [0.1, 0.15) is 11.4 Å². The van der Waals surface area contributed by atoms with Crippen LogP contribution in [-0.2, 0) is 12.8 Å². The van der Waals surface area contributed by atoms with Crippen LogP contribution >= 0.6 is 0 Å². The Morgan fingerprint density at radius 1 is 1.40 bits per heavy atom. The van der Waals surface area contributed by atoms with Gasteiger partial charge < -0.3 is 10.0 Å². The van der Waals surface area contributed by atoms with Gasteiger partial charge in [0.2, 0.25) is 0 Å². The van der Waals surface area contributed by atoms with Crippen molar-refractivity contribution in [2.45, 2.75) is 57.9 Å². The fourth-order valence-corrected chi connectivity index (χ4v) is 3.54. The van der Waals surface area contributed by atoms with Gasteiger partial charge in [-0.05, 0) is 56.6 Å². The molecule has 4 heteroatoms. The molecule has 2 aliphatic rings. The van der Waals surface area contributed by atoms with Gasteiger partial charge in [-0.25, -0.2) is 9.78 Å². The number of aromatic carboxylic acids is 1. The monoisotopic (exact) mass is 274 g/mol. The van der Waals surface area contributed by atoms with Gasteiger partial charge >= 0.3 is 5.97 Å². The lowest BCUT2D eigenvalue weighted by atomic mass is 9.94. The minimum atomic E-state index is -0.845. The van der Waals surface area contributed by atoms with Crippen molar-refractivity contribution in [3.05, 3.63) is 22.9 Å². The number of hydrogen-bond acceptors (Lipinski definition) is 3. The second-order valence-corrected chi connectivity index (χ2v) is 5.88. The summed E-state index contributed by atoms with van der Waals surface area (Å²) in [6, 6.07) is 2.33. The van der Waals surface area contributed by atoms with E-state index in [0.29, 0.717) is 17.4 Å². The van der Waals surface area contributed by atoms with E-state index in [9.17, 15) is 9.90 Å². The Kier molecular flexibility index (Phi) is 3.64. The molecule has 1 unspecified atom stereocenters. The van der Waals surface area contributed by atoms with Crippen molar-refractivity contribution < 1.29 is 9.90 Å². The highest BCUT2D eigenvalue weighted by Gasteiger charge is 2.29. The SMILES string of the molecule is CCC1CCCN1c1nc2c(cc1C(=O)O)CCCC2. The number of nitrogens with zero attached hydrogens (tertiary/aromatic N) is 2. The number of aryl methyl sites for hydroxylation is 2. The average Bonchev–Trinajstić information content (AvgIpc) is 2.94. The van der Waals surface area contributed by atoms with E-state index in [1.807, 2.05) is 6.07 Å². The van der Waals surface area contributed by atoms with Crippen molar-refractivity contribution in [3.63, 3.8) is 0 Å². The summed E-state index contributed by atoms with van der Waals surface area (Å²) < 4.78 is 0. The molecule has 4 nitrogen and oxygen atoms in total. The zero-order valence-corrected chi connectivity index (χ0v) is 12.1. The fraction of sp³-hybridized carbons (Fsp3) is 0.625. The summed E-state index contributed by atoms with van der Waals surface area (Å²) in [5.74, 6) is -0.134. The maximum Gasteiger partial charge on any atom is 0.339 e. The second kappa shape index (κ2) is 5.43. The van der Waals surface area contributed by atoms with Crippen molar-refractivity contribution in [2.75, 3.05) is 11.4 Å². The Hall–Kier alpha value is -1.58.